The Hall–Kier alpha value is -1.88. The van der Waals surface area contributed by atoms with Gasteiger partial charge in [-0.1, -0.05) is 43.2 Å². The van der Waals surface area contributed by atoms with Gasteiger partial charge in [0.15, 0.2) is 0 Å². The SMILES string of the molecule is O=C1NC2(CCN(CC(=O)N3CCCCCC3)CC2)C[C@H]1c1ccccc1. The van der Waals surface area contributed by atoms with E-state index in [9.17, 15) is 9.59 Å². The van der Waals surface area contributed by atoms with E-state index < -0.39 is 0 Å². The number of nitrogens with zero attached hydrogens (tertiary/aromatic N) is 2. The van der Waals surface area contributed by atoms with Crippen molar-refractivity contribution in [3.63, 3.8) is 0 Å². The van der Waals surface area contributed by atoms with Gasteiger partial charge in [-0.3, -0.25) is 14.5 Å². The van der Waals surface area contributed by atoms with Gasteiger partial charge in [0, 0.05) is 31.7 Å². The molecule has 5 heteroatoms. The Labute approximate surface area is 162 Å². The number of amides is 2. The third-order valence-corrected chi connectivity index (χ3v) is 6.63. The van der Waals surface area contributed by atoms with E-state index in [1.165, 1.54) is 12.8 Å². The van der Waals surface area contributed by atoms with Crippen LogP contribution in [0.5, 0.6) is 0 Å². The van der Waals surface area contributed by atoms with E-state index in [-0.39, 0.29) is 23.3 Å². The molecule has 3 aliphatic heterocycles. The minimum Gasteiger partial charge on any atom is -0.350 e. The lowest BCUT2D eigenvalue weighted by Gasteiger charge is -2.39. The minimum absolute atomic E-state index is 0.0310. The average Bonchev–Trinajstić information content (AvgIpc) is 2.87. The van der Waals surface area contributed by atoms with Crippen LogP contribution in [0.15, 0.2) is 30.3 Å². The molecule has 1 atom stereocenters. The van der Waals surface area contributed by atoms with Gasteiger partial charge in [0.1, 0.15) is 0 Å². The average molecular weight is 370 g/mol. The zero-order valence-corrected chi connectivity index (χ0v) is 16.2. The summed E-state index contributed by atoms with van der Waals surface area (Å²) in [5.41, 5.74) is 1.03. The first-order valence-electron chi connectivity index (χ1n) is 10.5. The van der Waals surface area contributed by atoms with Gasteiger partial charge < -0.3 is 10.2 Å². The van der Waals surface area contributed by atoms with Crippen molar-refractivity contribution in [1.29, 1.82) is 0 Å². The third kappa shape index (κ3) is 4.18. The summed E-state index contributed by atoms with van der Waals surface area (Å²) < 4.78 is 0. The second-order valence-electron chi connectivity index (χ2n) is 8.51. The van der Waals surface area contributed by atoms with E-state index in [0.717, 1.165) is 63.8 Å². The van der Waals surface area contributed by atoms with Crippen LogP contribution in [0.3, 0.4) is 0 Å². The molecule has 0 unspecified atom stereocenters. The van der Waals surface area contributed by atoms with E-state index in [2.05, 4.69) is 27.2 Å². The Morgan fingerprint density at radius 3 is 2.33 bits per heavy atom. The van der Waals surface area contributed by atoms with Gasteiger partial charge in [-0.2, -0.15) is 0 Å². The fourth-order valence-electron chi connectivity index (χ4n) is 4.92. The molecule has 0 aromatic heterocycles. The molecule has 3 aliphatic rings. The molecule has 146 valence electrons. The molecule has 0 radical (unpaired) electrons. The highest BCUT2D eigenvalue weighted by Crippen LogP contribution is 2.39. The first kappa shape index (κ1) is 18.5. The lowest BCUT2D eigenvalue weighted by molar-refractivity contribution is -0.133. The van der Waals surface area contributed by atoms with Crippen LogP contribution in [0.1, 0.15) is 56.4 Å². The van der Waals surface area contributed by atoms with E-state index in [4.69, 9.17) is 0 Å². The molecule has 4 rings (SSSR count). The van der Waals surface area contributed by atoms with Crippen molar-refractivity contribution in [2.45, 2.75) is 56.4 Å². The molecular weight excluding hydrogens is 338 g/mol. The lowest BCUT2D eigenvalue weighted by Crippen LogP contribution is -2.52. The fourth-order valence-corrected chi connectivity index (χ4v) is 4.92. The quantitative estimate of drug-likeness (QED) is 0.891. The monoisotopic (exact) mass is 369 g/mol. The predicted octanol–water partition coefficient (Wildman–Crippen LogP) is 2.53. The molecule has 3 fully saturated rings. The molecule has 1 spiro atoms. The highest BCUT2D eigenvalue weighted by atomic mass is 16.2. The fraction of sp³-hybridized carbons (Fsp3) is 0.636. The van der Waals surface area contributed by atoms with Gasteiger partial charge >= 0.3 is 0 Å². The molecule has 3 heterocycles. The molecule has 27 heavy (non-hydrogen) atoms. The van der Waals surface area contributed by atoms with Crippen molar-refractivity contribution >= 4 is 11.8 Å². The Bertz CT molecular complexity index is 659. The number of nitrogens with one attached hydrogen (secondary N) is 1. The van der Waals surface area contributed by atoms with Crippen LogP contribution in [0.4, 0.5) is 0 Å². The third-order valence-electron chi connectivity index (χ3n) is 6.63. The summed E-state index contributed by atoms with van der Waals surface area (Å²) in [4.78, 5) is 29.5. The molecule has 3 saturated heterocycles. The maximum Gasteiger partial charge on any atom is 0.236 e. The topological polar surface area (TPSA) is 52.7 Å². The number of piperidine rings is 1. The Kier molecular flexibility index (Phi) is 5.48. The molecule has 1 aromatic carbocycles. The van der Waals surface area contributed by atoms with Crippen molar-refractivity contribution in [3.8, 4) is 0 Å². The number of likely N-dealkylation sites (tertiary alicyclic amines) is 2. The maximum absolute atomic E-state index is 12.6. The predicted molar refractivity (Wildman–Crippen MR) is 105 cm³/mol. The van der Waals surface area contributed by atoms with Gasteiger partial charge in [0.25, 0.3) is 0 Å². The van der Waals surface area contributed by atoms with E-state index in [1.54, 1.807) is 0 Å². The number of carbonyl (C=O) groups excluding carboxylic acids is 2. The summed E-state index contributed by atoms with van der Waals surface area (Å²) >= 11 is 0. The van der Waals surface area contributed by atoms with Crippen LogP contribution in [-0.2, 0) is 9.59 Å². The Balaban J connectivity index is 1.31. The van der Waals surface area contributed by atoms with Gasteiger partial charge in [0.05, 0.1) is 12.5 Å². The number of hydrogen-bond acceptors (Lipinski definition) is 3. The summed E-state index contributed by atoms with van der Waals surface area (Å²) in [6.45, 7) is 4.16. The zero-order chi connectivity index (χ0) is 18.7. The molecule has 0 saturated carbocycles. The first-order chi connectivity index (χ1) is 13.2. The highest BCUT2D eigenvalue weighted by molar-refractivity contribution is 5.87. The van der Waals surface area contributed by atoms with Crippen molar-refractivity contribution < 1.29 is 9.59 Å². The Morgan fingerprint density at radius 2 is 1.67 bits per heavy atom. The van der Waals surface area contributed by atoms with Gasteiger partial charge in [-0.05, 0) is 37.7 Å². The summed E-state index contributed by atoms with van der Waals surface area (Å²) in [5, 5.41) is 3.30. The number of hydrogen-bond donors (Lipinski definition) is 1. The second kappa shape index (κ2) is 8.01. The number of carbonyl (C=O) groups is 2. The normalized spacial score (nSPS) is 26.0. The highest BCUT2D eigenvalue weighted by Gasteiger charge is 2.46. The van der Waals surface area contributed by atoms with Gasteiger partial charge in [-0.15, -0.1) is 0 Å². The van der Waals surface area contributed by atoms with Crippen LogP contribution in [-0.4, -0.2) is 59.9 Å². The standard InChI is InChI=1S/C22H31N3O2/c26-20(25-12-6-1-2-7-13-25)17-24-14-10-22(11-15-24)16-19(21(27)23-22)18-8-4-3-5-9-18/h3-5,8-9,19H,1-2,6-7,10-17H2,(H,23,27)/t19-/m0/s1. The smallest absolute Gasteiger partial charge is 0.236 e. The van der Waals surface area contributed by atoms with Crippen LogP contribution in [0.2, 0.25) is 0 Å². The summed E-state index contributed by atoms with van der Waals surface area (Å²) in [6, 6.07) is 10.1. The minimum atomic E-state index is -0.0836. The summed E-state index contributed by atoms with van der Waals surface area (Å²) in [7, 11) is 0. The number of benzene rings is 1. The molecule has 0 bridgehead atoms. The van der Waals surface area contributed by atoms with Crippen molar-refractivity contribution in [1.82, 2.24) is 15.1 Å². The van der Waals surface area contributed by atoms with E-state index in [1.807, 2.05) is 18.2 Å². The first-order valence-corrected chi connectivity index (χ1v) is 10.5. The van der Waals surface area contributed by atoms with Crippen molar-refractivity contribution in [2.75, 3.05) is 32.7 Å². The van der Waals surface area contributed by atoms with Crippen LogP contribution in [0.25, 0.3) is 0 Å². The van der Waals surface area contributed by atoms with Crippen molar-refractivity contribution in [3.05, 3.63) is 35.9 Å². The summed E-state index contributed by atoms with van der Waals surface area (Å²) in [5.74, 6) is 0.414. The van der Waals surface area contributed by atoms with Crippen LogP contribution >= 0.6 is 0 Å². The van der Waals surface area contributed by atoms with Crippen LogP contribution in [0, 0.1) is 0 Å². The molecule has 1 N–H and O–H groups in total. The van der Waals surface area contributed by atoms with Gasteiger partial charge in [-0.25, -0.2) is 0 Å². The Morgan fingerprint density at radius 1 is 1.00 bits per heavy atom. The molecule has 5 nitrogen and oxygen atoms in total. The van der Waals surface area contributed by atoms with Crippen LogP contribution < -0.4 is 5.32 Å². The molecular formula is C22H31N3O2. The lowest BCUT2D eigenvalue weighted by atomic mass is 9.82. The van der Waals surface area contributed by atoms with E-state index >= 15 is 0 Å². The molecule has 2 amide bonds. The largest absolute Gasteiger partial charge is 0.350 e. The molecule has 1 aromatic rings. The van der Waals surface area contributed by atoms with E-state index in [0.29, 0.717) is 6.54 Å². The van der Waals surface area contributed by atoms with Gasteiger partial charge in [0.2, 0.25) is 11.8 Å². The number of rotatable bonds is 3. The zero-order valence-electron chi connectivity index (χ0n) is 16.2. The van der Waals surface area contributed by atoms with Crippen molar-refractivity contribution in [2.24, 2.45) is 0 Å². The maximum atomic E-state index is 12.6. The summed E-state index contributed by atoms with van der Waals surface area (Å²) in [6.07, 6.45) is 7.54. The second-order valence-corrected chi connectivity index (χ2v) is 8.51. The molecule has 0 aliphatic carbocycles.